The average Bonchev–Trinajstić information content (AvgIpc) is 3.15. The summed E-state index contributed by atoms with van der Waals surface area (Å²) in [7, 11) is 5.63. The standard InChI is InChI=1S/C27H27FN4O2/c1-31(2)16-15-24(33)32(3)21-12-10-20(11-13-21)29-26(18-7-5-4-6-8-18)25-22-14-9-19(28)17-23(22)30-27(25)34/h4-14,17,29H,15-16H2,1-3H3,(H,30,34). The summed E-state index contributed by atoms with van der Waals surface area (Å²) in [5.41, 5.74) is 4.51. The molecule has 3 aromatic carbocycles. The lowest BCUT2D eigenvalue weighted by atomic mass is 10.00. The van der Waals surface area contributed by atoms with Crippen LogP contribution < -0.4 is 15.5 Å². The van der Waals surface area contributed by atoms with Gasteiger partial charge in [0.05, 0.1) is 17.0 Å². The van der Waals surface area contributed by atoms with E-state index in [0.29, 0.717) is 35.5 Å². The normalized spacial score (nSPS) is 14.0. The second-order valence-corrected chi connectivity index (χ2v) is 8.44. The van der Waals surface area contributed by atoms with Gasteiger partial charge in [-0.25, -0.2) is 4.39 Å². The number of hydrogen-bond donors (Lipinski definition) is 2. The van der Waals surface area contributed by atoms with Crippen LogP contribution in [-0.4, -0.2) is 44.4 Å². The first-order valence-electron chi connectivity index (χ1n) is 11.0. The van der Waals surface area contributed by atoms with Gasteiger partial charge in [0.25, 0.3) is 5.91 Å². The van der Waals surface area contributed by atoms with Crippen LogP contribution in [0.5, 0.6) is 0 Å². The highest BCUT2D eigenvalue weighted by atomic mass is 19.1. The number of nitrogens with zero attached hydrogens (tertiary/aromatic N) is 2. The van der Waals surface area contributed by atoms with Crippen LogP contribution in [0.15, 0.2) is 72.8 Å². The SMILES string of the molecule is CN(C)CCC(=O)N(C)c1ccc(NC(=C2C(=O)Nc3cc(F)ccc32)c2ccccc2)cc1. The van der Waals surface area contributed by atoms with E-state index in [9.17, 15) is 14.0 Å². The van der Waals surface area contributed by atoms with E-state index in [-0.39, 0.29) is 11.8 Å². The quantitative estimate of drug-likeness (QED) is 0.505. The third-order valence-corrected chi connectivity index (χ3v) is 5.71. The predicted octanol–water partition coefficient (Wildman–Crippen LogP) is 4.67. The molecule has 2 amide bonds. The van der Waals surface area contributed by atoms with Crippen molar-refractivity contribution < 1.29 is 14.0 Å². The maximum Gasteiger partial charge on any atom is 0.258 e. The van der Waals surface area contributed by atoms with Crippen LogP contribution in [0.2, 0.25) is 0 Å². The highest BCUT2D eigenvalue weighted by molar-refractivity contribution is 6.37. The van der Waals surface area contributed by atoms with Gasteiger partial charge in [0.2, 0.25) is 5.91 Å². The van der Waals surface area contributed by atoms with Gasteiger partial charge in [-0.2, -0.15) is 0 Å². The van der Waals surface area contributed by atoms with Gasteiger partial charge in [-0.15, -0.1) is 0 Å². The van der Waals surface area contributed by atoms with Crippen LogP contribution in [0.25, 0.3) is 11.3 Å². The molecule has 1 heterocycles. The summed E-state index contributed by atoms with van der Waals surface area (Å²) in [6.07, 6.45) is 0.433. The van der Waals surface area contributed by atoms with E-state index >= 15 is 0 Å². The minimum atomic E-state index is -0.408. The van der Waals surface area contributed by atoms with Crippen LogP contribution in [0.3, 0.4) is 0 Å². The number of amides is 2. The molecular formula is C27H27FN4O2. The Morgan fingerprint density at radius 2 is 1.68 bits per heavy atom. The molecule has 6 nitrogen and oxygen atoms in total. The summed E-state index contributed by atoms with van der Waals surface area (Å²) >= 11 is 0. The van der Waals surface area contributed by atoms with Crippen molar-refractivity contribution in [3.63, 3.8) is 0 Å². The number of halogens is 1. The monoisotopic (exact) mass is 458 g/mol. The molecule has 3 aromatic rings. The highest BCUT2D eigenvalue weighted by Gasteiger charge is 2.28. The highest BCUT2D eigenvalue weighted by Crippen LogP contribution is 2.38. The Morgan fingerprint density at radius 3 is 2.35 bits per heavy atom. The number of fused-ring (bicyclic) bond motifs is 1. The van der Waals surface area contributed by atoms with E-state index in [2.05, 4.69) is 10.6 Å². The molecule has 7 heteroatoms. The molecule has 174 valence electrons. The van der Waals surface area contributed by atoms with Crippen LogP contribution in [0, 0.1) is 5.82 Å². The largest absolute Gasteiger partial charge is 0.354 e. The van der Waals surface area contributed by atoms with Crippen molar-refractivity contribution in [3.05, 3.63) is 89.7 Å². The Bertz CT molecular complexity index is 1240. The van der Waals surface area contributed by atoms with Gasteiger partial charge < -0.3 is 20.4 Å². The Hall–Kier alpha value is -3.97. The maximum atomic E-state index is 13.7. The van der Waals surface area contributed by atoms with E-state index < -0.39 is 5.82 Å². The van der Waals surface area contributed by atoms with Crippen molar-refractivity contribution in [1.82, 2.24) is 4.90 Å². The summed E-state index contributed by atoms with van der Waals surface area (Å²) in [6.45, 7) is 0.685. The lowest BCUT2D eigenvalue weighted by molar-refractivity contribution is -0.118. The van der Waals surface area contributed by atoms with Crippen LogP contribution in [-0.2, 0) is 9.59 Å². The molecule has 1 aliphatic heterocycles. The molecule has 4 rings (SSSR count). The molecule has 0 aliphatic carbocycles. The molecule has 2 N–H and O–H groups in total. The first-order chi connectivity index (χ1) is 16.3. The molecule has 1 aliphatic rings. The first kappa shape index (κ1) is 23.2. The number of benzene rings is 3. The number of hydrogen-bond acceptors (Lipinski definition) is 4. The first-order valence-corrected chi connectivity index (χ1v) is 11.0. The van der Waals surface area contributed by atoms with Crippen LogP contribution in [0.1, 0.15) is 17.5 Å². The van der Waals surface area contributed by atoms with Gasteiger partial charge in [-0.1, -0.05) is 30.3 Å². The summed E-state index contributed by atoms with van der Waals surface area (Å²) in [5.74, 6) is -0.669. The van der Waals surface area contributed by atoms with Gasteiger partial charge >= 0.3 is 0 Å². The van der Waals surface area contributed by atoms with Crippen LogP contribution >= 0.6 is 0 Å². The molecule has 0 saturated heterocycles. The van der Waals surface area contributed by atoms with Gasteiger partial charge in [-0.3, -0.25) is 9.59 Å². The summed E-state index contributed by atoms with van der Waals surface area (Å²) in [5, 5.41) is 6.13. The van der Waals surface area contributed by atoms with E-state index in [1.165, 1.54) is 12.1 Å². The molecule has 0 spiro atoms. The fraction of sp³-hybridized carbons (Fsp3) is 0.185. The molecule has 0 fully saturated rings. The van der Waals surface area contributed by atoms with Gasteiger partial charge in [-0.05, 0) is 62.1 Å². The predicted molar refractivity (Wildman–Crippen MR) is 135 cm³/mol. The van der Waals surface area contributed by atoms with Crippen LogP contribution in [0.4, 0.5) is 21.5 Å². The lowest BCUT2D eigenvalue weighted by Gasteiger charge is -2.20. The Balaban J connectivity index is 1.65. The molecule has 0 radical (unpaired) electrons. The smallest absolute Gasteiger partial charge is 0.258 e. The summed E-state index contributed by atoms with van der Waals surface area (Å²) < 4.78 is 13.7. The van der Waals surface area contributed by atoms with Gasteiger partial charge in [0.15, 0.2) is 0 Å². The zero-order valence-electron chi connectivity index (χ0n) is 19.4. The maximum absolute atomic E-state index is 13.7. The average molecular weight is 459 g/mol. The Kier molecular flexibility index (Phi) is 6.75. The zero-order valence-corrected chi connectivity index (χ0v) is 19.4. The molecule has 0 atom stereocenters. The number of carbonyl (C=O) groups excluding carboxylic acids is 2. The minimum Gasteiger partial charge on any atom is -0.354 e. The number of anilines is 3. The molecule has 34 heavy (non-hydrogen) atoms. The van der Waals surface area contributed by atoms with Crippen molar-refractivity contribution in [1.29, 1.82) is 0 Å². The van der Waals surface area contributed by atoms with Crippen molar-refractivity contribution in [2.75, 3.05) is 43.2 Å². The second kappa shape index (κ2) is 9.89. The molecular weight excluding hydrogens is 431 g/mol. The molecule has 0 aromatic heterocycles. The van der Waals surface area contributed by atoms with Crippen molar-refractivity contribution in [2.45, 2.75) is 6.42 Å². The Morgan fingerprint density at radius 1 is 0.971 bits per heavy atom. The second-order valence-electron chi connectivity index (χ2n) is 8.44. The zero-order chi connectivity index (χ0) is 24.2. The minimum absolute atomic E-state index is 0.0352. The lowest BCUT2D eigenvalue weighted by Crippen LogP contribution is -2.29. The number of rotatable bonds is 7. The fourth-order valence-corrected chi connectivity index (χ4v) is 3.82. The van der Waals surface area contributed by atoms with Crippen molar-refractivity contribution in [3.8, 4) is 0 Å². The van der Waals surface area contributed by atoms with E-state index in [1.54, 1.807) is 18.0 Å². The summed E-state index contributed by atoms with van der Waals surface area (Å²) in [4.78, 5) is 29.0. The van der Waals surface area contributed by atoms with Gasteiger partial charge in [0.1, 0.15) is 5.82 Å². The number of carbonyl (C=O) groups is 2. The Labute approximate surface area is 198 Å². The molecule has 0 bridgehead atoms. The third-order valence-electron chi connectivity index (χ3n) is 5.71. The topological polar surface area (TPSA) is 64.7 Å². The molecule has 0 unspecified atom stereocenters. The fourth-order valence-electron chi connectivity index (χ4n) is 3.82. The molecule has 0 saturated carbocycles. The van der Waals surface area contributed by atoms with E-state index in [4.69, 9.17) is 0 Å². The summed E-state index contributed by atoms with van der Waals surface area (Å²) in [6, 6.07) is 21.3. The van der Waals surface area contributed by atoms with Gasteiger partial charge in [0, 0.05) is 37.0 Å². The van der Waals surface area contributed by atoms with E-state index in [1.807, 2.05) is 73.6 Å². The van der Waals surface area contributed by atoms with Crippen molar-refractivity contribution >= 4 is 40.1 Å². The number of nitrogens with one attached hydrogen (secondary N) is 2. The van der Waals surface area contributed by atoms with Crippen molar-refractivity contribution in [2.24, 2.45) is 0 Å². The third kappa shape index (κ3) is 5.00. The van der Waals surface area contributed by atoms with E-state index in [0.717, 1.165) is 16.9 Å².